The van der Waals surface area contributed by atoms with Crippen molar-refractivity contribution < 1.29 is 4.79 Å². The van der Waals surface area contributed by atoms with Crippen LogP contribution in [0, 0.1) is 13.8 Å². The van der Waals surface area contributed by atoms with Gasteiger partial charge in [0.25, 0.3) is 0 Å². The fourth-order valence-corrected chi connectivity index (χ4v) is 2.17. The molecule has 100 valence electrons. The molecular formula is C14H21ClN2O. The van der Waals surface area contributed by atoms with Crippen LogP contribution in [0.1, 0.15) is 30.4 Å². The maximum absolute atomic E-state index is 12.1. The van der Waals surface area contributed by atoms with Crippen LogP contribution in [0.4, 0.5) is 5.69 Å². The first-order valence-electron chi connectivity index (χ1n) is 6.28. The van der Waals surface area contributed by atoms with E-state index in [1.165, 1.54) is 12.0 Å². The van der Waals surface area contributed by atoms with E-state index in [-0.39, 0.29) is 24.4 Å². The van der Waals surface area contributed by atoms with Gasteiger partial charge in [-0.1, -0.05) is 18.6 Å². The summed E-state index contributed by atoms with van der Waals surface area (Å²) >= 11 is 0. The molecule has 3 nitrogen and oxygen atoms in total. The lowest BCUT2D eigenvalue weighted by Gasteiger charge is -2.23. The van der Waals surface area contributed by atoms with Crippen LogP contribution >= 0.6 is 12.4 Å². The summed E-state index contributed by atoms with van der Waals surface area (Å²) < 4.78 is 0. The van der Waals surface area contributed by atoms with Crippen molar-refractivity contribution in [3.05, 3.63) is 29.3 Å². The molecule has 1 atom stereocenters. The Morgan fingerprint density at radius 1 is 1.33 bits per heavy atom. The molecule has 1 aromatic carbocycles. The van der Waals surface area contributed by atoms with Crippen molar-refractivity contribution in [2.75, 3.05) is 11.9 Å². The van der Waals surface area contributed by atoms with E-state index in [1.54, 1.807) is 0 Å². The minimum Gasteiger partial charge on any atom is -0.324 e. The van der Waals surface area contributed by atoms with Crippen LogP contribution in [0.15, 0.2) is 18.2 Å². The molecule has 2 rings (SSSR count). The van der Waals surface area contributed by atoms with Crippen LogP contribution in [0.2, 0.25) is 0 Å². The molecule has 0 aliphatic carbocycles. The van der Waals surface area contributed by atoms with Gasteiger partial charge < -0.3 is 10.6 Å². The number of rotatable bonds is 2. The largest absolute Gasteiger partial charge is 0.324 e. The van der Waals surface area contributed by atoms with Gasteiger partial charge >= 0.3 is 0 Å². The Morgan fingerprint density at radius 3 is 2.78 bits per heavy atom. The van der Waals surface area contributed by atoms with Gasteiger partial charge in [-0.05, 0) is 50.4 Å². The number of carbonyl (C=O) groups is 1. The molecule has 1 amide bonds. The van der Waals surface area contributed by atoms with Crippen LogP contribution < -0.4 is 10.6 Å². The van der Waals surface area contributed by atoms with Gasteiger partial charge in [0.1, 0.15) is 0 Å². The highest BCUT2D eigenvalue weighted by Crippen LogP contribution is 2.17. The Labute approximate surface area is 115 Å². The summed E-state index contributed by atoms with van der Waals surface area (Å²) in [5.74, 6) is 0.0957. The Bertz CT molecular complexity index is 414. The highest BCUT2D eigenvalue weighted by molar-refractivity contribution is 5.95. The number of aryl methyl sites for hydroxylation is 2. The van der Waals surface area contributed by atoms with Gasteiger partial charge in [0.15, 0.2) is 0 Å². The van der Waals surface area contributed by atoms with E-state index < -0.39 is 0 Å². The second kappa shape index (κ2) is 6.76. The first-order valence-corrected chi connectivity index (χ1v) is 6.28. The predicted molar refractivity (Wildman–Crippen MR) is 77.4 cm³/mol. The number of halogens is 1. The highest BCUT2D eigenvalue weighted by Gasteiger charge is 2.20. The van der Waals surface area contributed by atoms with E-state index in [9.17, 15) is 4.79 Å². The smallest absolute Gasteiger partial charge is 0.241 e. The number of benzene rings is 1. The molecule has 1 aromatic rings. The topological polar surface area (TPSA) is 41.1 Å². The number of hydrogen-bond acceptors (Lipinski definition) is 2. The van der Waals surface area contributed by atoms with Crippen LogP contribution in [0.5, 0.6) is 0 Å². The van der Waals surface area contributed by atoms with Gasteiger partial charge in [-0.15, -0.1) is 12.4 Å². The third-order valence-electron chi connectivity index (χ3n) is 3.28. The average molecular weight is 269 g/mol. The monoisotopic (exact) mass is 268 g/mol. The second-order valence-electron chi connectivity index (χ2n) is 4.81. The van der Waals surface area contributed by atoms with E-state index in [0.29, 0.717) is 0 Å². The van der Waals surface area contributed by atoms with Crippen molar-refractivity contribution in [3.8, 4) is 0 Å². The Kier molecular flexibility index (Phi) is 5.63. The standard InChI is InChI=1S/C14H20N2O.ClH/c1-10-6-7-11(2)13(9-10)16-14(17)12-5-3-4-8-15-12;/h6-7,9,12,15H,3-5,8H2,1-2H3,(H,16,17);1H. The third kappa shape index (κ3) is 3.72. The van der Waals surface area contributed by atoms with Crippen LogP contribution in [0.3, 0.4) is 0 Å². The molecule has 0 aromatic heterocycles. The number of anilines is 1. The molecule has 0 radical (unpaired) electrons. The lowest BCUT2D eigenvalue weighted by molar-refractivity contribution is -0.118. The number of piperidine rings is 1. The van der Waals surface area contributed by atoms with Gasteiger partial charge in [0.05, 0.1) is 6.04 Å². The SMILES string of the molecule is Cc1ccc(C)c(NC(=O)C2CCCCN2)c1.Cl. The van der Waals surface area contributed by atoms with Crippen LogP contribution in [-0.4, -0.2) is 18.5 Å². The molecule has 4 heteroatoms. The lowest BCUT2D eigenvalue weighted by atomic mass is 10.0. The van der Waals surface area contributed by atoms with E-state index in [2.05, 4.69) is 16.7 Å². The molecule has 0 spiro atoms. The molecule has 2 N–H and O–H groups in total. The summed E-state index contributed by atoms with van der Waals surface area (Å²) in [6, 6.07) is 6.10. The fraction of sp³-hybridized carbons (Fsp3) is 0.500. The molecular weight excluding hydrogens is 248 g/mol. The zero-order valence-electron chi connectivity index (χ0n) is 11.0. The highest BCUT2D eigenvalue weighted by atomic mass is 35.5. The number of hydrogen-bond donors (Lipinski definition) is 2. The van der Waals surface area contributed by atoms with E-state index >= 15 is 0 Å². The van der Waals surface area contributed by atoms with Crippen molar-refractivity contribution >= 4 is 24.0 Å². The summed E-state index contributed by atoms with van der Waals surface area (Å²) in [5.41, 5.74) is 3.21. The Balaban J connectivity index is 0.00000162. The van der Waals surface area contributed by atoms with Crippen LogP contribution in [-0.2, 0) is 4.79 Å². The van der Waals surface area contributed by atoms with E-state index in [4.69, 9.17) is 0 Å². The summed E-state index contributed by atoms with van der Waals surface area (Å²) in [7, 11) is 0. The molecule has 0 saturated carbocycles. The molecule has 0 bridgehead atoms. The number of nitrogens with one attached hydrogen (secondary N) is 2. The zero-order valence-corrected chi connectivity index (χ0v) is 11.8. The van der Waals surface area contributed by atoms with Gasteiger partial charge in [0, 0.05) is 5.69 Å². The predicted octanol–water partition coefficient (Wildman–Crippen LogP) is 2.81. The maximum atomic E-state index is 12.1. The molecule has 1 saturated heterocycles. The summed E-state index contributed by atoms with van der Waals surface area (Å²) in [5, 5.41) is 6.28. The van der Waals surface area contributed by atoms with Crippen molar-refractivity contribution in [1.29, 1.82) is 0 Å². The van der Waals surface area contributed by atoms with Crippen LogP contribution in [0.25, 0.3) is 0 Å². The van der Waals surface area contributed by atoms with Gasteiger partial charge in [-0.3, -0.25) is 4.79 Å². The Hall–Kier alpha value is -1.06. The first-order chi connectivity index (χ1) is 8.16. The van der Waals surface area contributed by atoms with Crippen molar-refractivity contribution in [2.45, 2.75) is 39.2 Å². The average Bonchev–Trinajstić information content (AvgIpc) is 2.35. The van der Waals surface area contributed by atoms with Crippen molar-refractivity contribution in [2.24, 2.45) is 0 Å². The normalized spacial score (nSPS) is 18.9. The number of amides is 1. The van der Waals surface area contributed by atoms with Gasteiger partial charge in [-0.2, -0.15) is 0 Å². The summed E-state index contributed by atoms with van der Waals surface area (Å²) in [6.07, 6.45) is 3.25. The molecule has 1 fully saturated rings. The molecule has 1 unspecified atom stereocenters. The number of carbonyl (C=O) groups excluding carboxylic acids is 1. The zero-order chi connectivity index (χ0) is 12.3. The Morgan fingerprint density at radius 2 is 2.11 bits per heavy atom. The van der Waals surface area contributed by atoms with E-state index in [0.717, 1.165) is 30.6 Å². The van der Waals surface area contributed by atoms with Crippen molar-refractivity contribution in [1.82, 2.24) is 5.32 Å². The van der Waals surface area contributed by atoms with Gasteiger partial charge in [-0.25, -0.2) is 0 Å². The third-order valence-corrected chi connectivity index (χ3v) is 3.28. The molecule has 1 heterocycles. The van der Waals surface area contributed by atoms with E-state index in [1.807, 2.05) is 26.0 Å². The van der Waals surface area contributed by atoms with Crippen molar-refractivity contribution in [3.63, 3.8) is 0 Å². The van der Waals surface area contributed by atoms with Gasteiger partial charge in [0.2, 0.25) is 5.91 Å². The fourth-order valence-electron chi connectivity index (χ4n) is 2.17. The summed E-state index contributed by atoms with van der Waals surface area (Å²) in [4.78, 5) is 12.1. The molecule has 1 aliphatic rings. The minimum atomic E-state index is -0.0244. The quantitative estimate of drug-likeness (QED) is 0.866. The maximum Gasteiger partial charge on any atom is 0.241 e. The summed E-state index contributed by atoms with van der Waals surface area (Å²) in [6.45, 7) is 5.00. The minimum absolute atomic E-state index is 0. The molecule has 1 aliphatic heterocycles. The lowest BCUT2D eigenvalue weighted by Crippen LogP contribution is -2.43. The second-order valence-corrected chi connectivity index (χ2v) is 4.81. The molecule has 18 heavy (non-hydrogen) atoms. The first kappa shape index (κ1) is 15.0.